The van der Waals surface area contributed by atoms with Crippen molar-refractivity contribution in [3.05, 3.63) is 106 Å². The molecule has 0 aliphatic rings. The first-order valence-electron chi connectivity index (χ1n) is 10.9. The molecule has 0 fully saturated rings. The lowest BCUT2D eigenvalue weighted by molar-refractivity contribution is -0.00828. The maximum atomic E-state index is 14.7. The zero-order valence-corrected chi connectivity index (χ0v) is 20.3. The molecule has 2 aromatic heterocycles. The number of hydrogen-bond acceptors (Lipinski definition) is 5. The zero-order valence-electron chi connectivity index (χ0n) is 18.7. The van der Waals surface area contributed by atoms with Crippen LogP contribution in [0.3, 0.4) is 0 Å². The van der Waals surface area contributed by atoms with Crippen molar-refractivity contribution < 1.29 is 13.9 Å². The Bertz CT molecular complexity index is 1520. The Morgan fingerprint density at radius 3 is 2.56 bits per heavy atom. The van der Waals surface area contributed by atoms with E-state index in [1.807, 2.05) is 24.3 Å². The van der Waals surface area contributed by atoms with Crippen LogP contribution in [0.25, 0.3) is 10.9 Å². The van der Waals surface area contributed by atoms with E-state index < -0.39 is 17.2 Å². The van der Waals surface area contributed by atoms with Crippen molar-refractivity contribution in [3.63, 3.8) is 0 Å². The van der Waals surface area contributed by atoms with Crippen LogP contribution in [-0.4, -0.2) is 29.7 Å². The average Bonchev–Trinajstić information content (AvgIpc) is 3.47. The highest BCUT2D eigenvalue weighted by atomic mass is 35.5. The number of hydrogen-bond donors (Lipinski definition) is 2. The minimum absolute atomic E-state index is 0.0684. The largest absolute Gasteiger partial charge is 0.381 e. The molecule has 5 aromatic rings. The number of rotatable bonds is 8. The second kappa shape index (κ2) is 9.85. The van der Waals surface area contributed by atoms with E-state index >= 15 is 0 Å². The smallest absolute Gasteiger partial charge is 0.137 e. The number of halogens is 4. The van der Waals surface area contributed by atoms with E-state index in [2.05, 4.69) is 20.5 Å². The summed E-state index contributed by atoms with van der Waals surface area (Å²) in [5, 5.41) is 25.4. The molecule has 1 atom stereocenters. The third-order valence-electron chi connectivity index (χ3n) is 5.80. The predicted molar refractivity (Wildman–Crippen MR) is 134 cm³/mol. The molecule has 7 nitrogen and oxygen atoms in total. The Labute approximate surface area is 214 Å². The van der Waals surface area contributed by atoms with E-state index in [1.165, 1.54) is 28.1 Å². The highest BCUT2D eigenvalue weighted by molar-refractivity contribution is 6.35. The van der Waals surface area contributed by atoms with Crippen LogP contribution in [0.2, 0.25) is 10.0 Å². The van der Waals surface area contributed by atoms with E-state index in [0.717, 1.165) is 28.8 Å². The van der Waals surface area contributed by atoms with Gasteiger partial charge in [-0.2, -0.15) is 10.2 Å². The molecular formula is C25H20Cl2F2N6O. The normalized spacial score (nSPS) is 13.1. The van der Waals surface area contributed by atoms with Crippen molar-refractivity contribution in [2.45, 2.75) is 25.2 Å². The number of fused-ring (bicyclic) bond motifs is 1. The van der Waals surface area contributed by atoms with Crippen LogP contribution in [0.15, 0.2) is 73.4 Å². The zero-order chi connectivity index (χ0) is 25.3. The summed E-state index contributed by atoms with van der Waals surface area (Å²) in [6.07, 6.45) is 4.48. The molecule has 2 N–H and O–H groups in total. The second-order valence-electron chi connectivity index (χ2n) is 8.44. The van der Waals surface area contributed by atoms with Gasteiger partial charge in [-0.25, -0.2) is 18.4 Å². The molecule has 0 amide bonds. The molecule has 0 spiro atoms. The van der Waals surface area contributed by atoms with Gasteiger partial charge in [-0.05, 0) is 42.0 Å². The van der Waals surface area contributed by atoms with Gasteiger partial charge in [-0.15, -0.1) is 0 Å². The first-order valence-corrected chi connectivity index (χ1v) is 11.7. The first-order chi connectivity index (χ1) is 17.3. The highest BCUT2D eigenvalue weighted by Crippen LogP contribution is 2.30. The summed E-state index contributed by atoms with van der Waals surface area (Å²) in [7, 11) is 0. The average molecular weight is 529 g/mol. The molecule has 5 rings (SSSR count). The van der Waals surface area contributed by atoms with Crippen LogP contribution >= 0.6 is 23.2 Å². The Morgan fingerprint density at radius 2 is 1.81 bits per heavy atom. The van der Waals surface area contributed by atoms with Crippen LogP contribution in [0, 0.1) is 11.6 Å². The molecular weight excluding hydrogens is 509 g/mol. The molecule has 0 aliphatic heterocycles. The lowest BCUT2D eigenvalue weighted by atomic mass is 9.93. The molecule has 11 heteroatoms. The van der Waals surface area contributed by atoms with Gasteiger partial charge in [0, 0.05) is 45.5 Å². The molecule has 3 aromatic carbocycles. The van der Waals surface area contributed by atoms with Crippen molar-refractivity contribution in [2.75, 3.05) is 5.32 Å². The summed E-state index contributed by atoms with van der Waals surface area (Å²) in [6, 6.07) is 14.1. The molecule has 0 saturated heterocycles. The van der Waals surface area contributed by atoms with Crippen LogP contribution in [0.1, 0.15) is 11.1 Å². The molecule has 184 valence electrons. The molecule has 36 heavy (non-hydrogen) atoms. The van der Waals surface area contributed by atoms with Crippen LogP contribution in [-0.2, 0) is 25.2 Å². The Morgan fingerprint density at radius 1 is 0.972 bits per heavy atom. The number of aliphatic hydroxyl groups is 1. The standard InChI is InChI=1S/C25H20Cl2F2N6O/c26-18-3-1-16(22(27)7-18)10-31-20-5-2-17-11-34(33-24(17)9-20)12-25(36,13-35-15-30-14-32-35)21-6-4-19(28)8-23(21)29/h1-9,11,14-15,31,36H,10,12-13H2. The quantitative estimate of drug-likeness (QED) is 0.281. The SMILES string of the molecule is OC(Cn1cncn1)(Cn1cc2ccc(NCc3ccc(Cl)cc3Cl)cc2n1)c1ccc(F)cc1F. The molecule has 2 heterocycles. The van der Waals surface area contributed by atoms with E-state index in [1.54, 1.807) is 18.3 Å². The fourth-order valence-electron chi connectivity index (χ4n) is 4.06. The summed E-state index contributed by atoms with van der Waals surface area (Å²) in [5.74, 6) is -1.59. The summed E-state index contributed by atoms with van der Waals surface area (Å²) in [4.78, 5) is 3.88. The summed E-state index contributed by atoms with van der Waals surface area (Å²) in [6.45, 7) is 0.275. The van der Waals surface area contributed by atoms with Crippen LogP contribution in [0.4, 0.5) is 14.5 Å². The number of anilines is 1. The van der Waals surface area contributed by atoms with E-state index in [0.29, 0.717) is 22.1 Å². The number of nitrogens with zero attached hydrogens (tertiary/aromatic N) is 5. The van der Waals surface area contributed by atoms with Crippen molar-refractivity contribution in [1.29, 1.82) is 0 Å². The Kier molecular flexibility index (Phi) is 6.61. The van der Waals surface area contributed by atoms with Gasteiger partial charge >= 0.3 is 0 Å². The van der Waals surface area contributed by atoms with Gasteiger partial charge in [0.25, 0.3) is 0 Å². The van der Waals surface area contributed by atoms with Crippen molar-refractivity contribution in [1.82, 2.24) is 24.5 Å². The molecule has 0 bridgehead atoms. The number of benzene rings is 3. The van der Waals surface area contributed by atoms with Gasteiger partial charge in [0.2, 0.25) is 0 Å². The maximum absolute atomic E-state index is 14.7. The van der Waals surface area contributed by atoms with Crippen molar-refractivity contribution >= 4 is 39.8 Å². The minimum atomic E-state index is -1.78. The van der Waals surface area contributed by atoms with Crippen molar-refractivity contribution in [2.24, 2.45) is 0 Å². The molecule has 0 radical (unpaired) electrons. The lowest BCUT2D eigenvalue weighted by Gasteiger charge is -2.28. The Hall–Kier alpha value is -3.53. The second-order valence-corrected chi connectivity index (χ2v) is 9.28. The van der Waals surface area contributed by atoms with E-state index in [9.17, 15) is 13.9 Å². The first kappa shape index (κ1) is 24.2. The monoisotopic (exact) mass is 528 g/mol. The predicted octanol–water partition coefficient (Wildman–Crippen LogP) is 5.41. The van der Waals surface area contributed by atoms with Gasteiger partial charge in [0.1, 0.15) is 29.9 Å². The summed E-state index contributed by atoms with van der Waals surface area (Å²) < 4.78 is 31.2. The third kappa shape index (κ3) is 5.18. The van der Waals surface area contributed by atoms with Gasteiger partial charge in [-0.1, -0.05) is 35.3 Å². The minimum Gasteiger partial charge on any atom is -0.381 e. The topological polar surface area (TPSA) is 80.8 Å². The maximum Gasteiger partial charge on any atom is 0.137 e. The molecule has 1 unspecified atom stereocenters. The molecule has 0 aliphatic carbocycles. The number of nitrogens with one attached hydrogen (secondary N) is 1. The van der Waals surface area contributed by atoms with Gasteiger partial charge < -0.3 is 10.4 Å². The van der Waals surface area contributed by atoms with Gasteiger partial charge in [0.15, 0.2) is 0 Å². The fraction of sp³-hybridized carbons (Fsp3) is 0.160. The Balaban J connectivity index is 1.40. The fourth-order valence-corrected chi connectivity index (χ4v) is 4.53. The van der Waals surface area contributed by atoms with Gasteiger partial charge in [0.05, 0.1) is 18.6 Å². The van der Waals surface area contributed by atoms with Crippen LogP contribution in [0.5, 0.6) is 0 Å². The highest BCUT2D eigenvalue weighted by Gasteiger charge is 2.34. The van der Waals surface area contributed by atoms with Gasteiger partial charge in [-0.3, -0.25) is 4.68 Å². The summed E-state index contributed by atoms with van der Waals surface area (Å²) >= 11 is 12.2. The van der Waals surface area contributed by atoms with Crippen LogP contribution < -0.4 is 5.32 Å². The lowest BCUT2D eigenvalue weighted by Crippen LogP contribution is -2.37. The summed E-state index contributed by atoms with van der Waals surface area (Å²) in [5.41, 5.74) is 0.540. The van der Waals surface area contributed by atoms with Crippen molar-refractivity contribution in [3.8, 4) is 0 Å². The third-order valence-corrected chi connectivity index (χ3v) is 6.39. The number of aromatic nitrogens is 5. The van der Waals surface area contributed by atoms with E-state index in [4.69, 9.17) is 23.2 Å². The molecule has 0 saturated carbocycles. The van der Waals surface area contributed by atoms with E-state index in [-0.39, 0.29) is 18.7 Å².